The van der Waals surface area contributed by atoms with Gasteiger partial charge in [0, 0.05) is 30.6 Å². The summed E-state index contributed by atoms with van der Waals surface area (Å²) in [4.78, 5) is 38.4. The Labute approximate surface area is 199 Å². The molecule has 0 aliphatic carbocycles. The zero-order valence-corrected chi connectivity index (χ0v) is 20.0. The zero-order chi connectivity index (χ0) is 24.5. The first-order chi connectivity index (χ1) is 15.7. The van der Waals surface area contributed by atoms with E-state index in [0.29, 0.717) is 22.3 Å². The summed E-state index contributed by atoms with van der Waals surface area (Å²) in [6, 6.07) is 3.92. The number of thioether (sulfide) groups is 1. The third kappa shape index (κ3) is 7.71. The van der Waals surface area contributed by atoms with Crippen LogP contribution in [0.2, 0.25) is 5.02 Å². The predicted molar refractivity (Wildman–Crippen MR) is 118 cm³/mol. The summed E-state index contributed by atoms with van der Waals surface area (Å²) in [5, 5.41) is 4.09. The van der Waals surface area contributed by atoms with Crippen molar-refractivity contribution in [3.8, 4) is 5.75 Å². The maximum Gasteiger partial charge on any atom is 0.303 e. The number of azide groups is 1. The molecule has 2 rings (SSSR count). The number of ether oxygens (including phenoxy) is 5. The fourth-order valence-electron chi connectivity index (χ4n) is 3.13. The van der Waals surface area contributed by atoms with Crippen LogP contribution in [-0.4, -0.2) is 60.9 Å². The maximum absolute atomic E-state index is 11.8. The van der Waals surface area contributed by atoms with E-state index in [1.807, 2.05) is 6.92 Å². The lowest BCUT2D eigenvalue weighted by Crippen LogP contribution is -2.59. The van der Waals surface area contributed by atoms with E-state index >= 15 is 0 Å². The summed E-state index contributed by atoms with van der Waals surface area (Å²) in [6.07, 6.45) is -3.27. The number of hydrogen-bond donors (Lipinski definition) is 0. The van der Waals surface area contributed by atoms with Crippen LogP contribution in [-0.2, 0) is 33.3 Å². The van der Waals surface area contributed by atoms with Crippen LogP contribution in [0.4, 0.5) is 0 Å². The van der Waals surface area contributed by atoms with E-state index < -0.39 is 47.7 Å². The Hall–Kier alpha value is -2.66. The van der Waals surface area contributed by atoms with E-state index in [4.69, 9.17) is 40.8 Å². The van der Waals surface area contributed by atoms with Crippen molar-refractivity contribution >= 4 is 41.3 Å². The van der Waals surface area contributed by atoms with Gasteiger partial charge in [0.1, 0.15) is 42.1 Å². The van der Waals surface area contributed by atoms with Crippen LogP contribution >= 0.6 is 23.4 Å². The third-order valence-electron chi connectivity index (χ3n) is 4.31. The van der Waals surface area contributed by atoms with Crippen LogP contribution in [0.5, 0.6) is 5.75 Å². The second-order valence-corrected chi connectivity index (χ2v) is 8.41. The van der Waals surface area contributed by atoms with Gasteiger partial charge in [-0.1, -0.05) is 28.5 Å². The molecule has 1 aromatic carbocycles. The number of halogens is 1. The molecule has 0 saturated carbocycles. The van der Waals surface area contributed by atoms with Gasteiger partial charge in [-0.3, -0.25) is 14.4 Å². The normalized spacial score (nSPS) is 24.2. The standard InChI is InChI=1S/C20H24ClN3O8S/c1-5-28-15-7-6-13(8-14(15)21)33-20-19(31-12(4)27)17(23-24-22)18(30-11(3)26)16(32-20)9-29-10(2)25/h6-8,16-20H,5,9H2,1-4H3/t16-,17+,18+,19-,20-/m1/s1. The molecule has 33 heavy (non-hydrogen) atoms. The molecule has 1 aliphatic rings. The second kappa shape index (κ2) is 12.5. The highest BCUT2D eigenvalue weighted by Gasteiger charge is 2.50. The number of nitrogens with zero attached hydrogens (tertiary/aromatic N) is 3. The lowest BCUT2D eigenvalue weighted by molar-refractivity contribution is -0.201. The van der Waals surface area contributed by atoms with Crippen LogP contribution in [0.15, 0.2) is 28.2 Å². The molecule has 11 nitrogen and oxygen atoms in total. The fraction of sp³-hybridized carbons (Fsp3) is 0.550. The number of benzene rings is 1. The van der Waals surface area contributed by atoms with Gasteiger partial charge in [-0.05, 0) is 30.7 Å². The summed E-state index contributed by atoms with van der Waals surface area (Å²) in [5.74, 6) is -1.41. The Balaban J connectivity index is 2.43. The molecule has 13 heteroatoms. The van der Waals surface area contributed by atoms with Crippen LogP contribution in [0.25, 0.3) is 10.4 Å². The quantitative estimate of drug-likeness (QED) is 0.162. The van der Waals surface area contributed by atoms with E-state index in [1.165, 1.54) is 20.8 Å². The van der Waals surface area contributed by atoms with Gasteiger partial charge in [0.2, 0.25) is 0 Å². The van der Waals surface area contributed by atoms with Crippen molar-refractivity contribution < 1.29 is 38.1 Å². The largest absolute Gasteiger partial charge is 0.492 e. The van der Waals surface area contributed by atoms with Gasteiger partial charge >= 0.3 is 17.9 Å². The minimum Gasteiger partial charge on any atom is -0.492 e. The highest BCUT2D eigenvalue weighted by molar-refractivity contribution is 7.99. The smallest absolute Gasteiger partial charge is 0.303 e. The molecule has 0 amide bonds. The predicted octanol–water partition coefficient (Wildman–Crippen LogP) is 3.66. The third-order valence-corrected chi connectivity index (χ3v) is 5.75. The molecule has 1 heterocycles. The van der Waals surface area contributed by atoms with Crippen molar-refractivity contribution in [2.24, 2.45) is 5.11 Å². The number of esters is 3. The minimum absolute atomic E-state index is 0.279. The molecule has 0 aromatic heterocycles. The van der Waals surface area contributed by atoms with Crippen molar-refractivity contribution in [1.29, 1.82) is 0 Å². The van der Waals surface area contributed by atoms with Crippen LogP contribution in [0, 0.1) is 0 Å². The van der Waals surface area contributed by atoms with Gasteiger partial charge in [0.25, 0.3) is 0 Å². The summed E-state index contributed by atoms with van der Waals surface area (Å²) >= 11 is 7.41. The Morgan fingerprint density at radius 1 is 1.15 bits per heavy atom. The summed E-state index contributed by atoms with van der Waals surface area (Å²) in [5.41, 5.74) is 8.22. The molecular weight excluding hydrogens is 478 g/mol. The molecule has 1 aliphatic heterocycles. The Kier molecular flexibility index (Phi) is 10.1. The molecule has 0 bridgehead atoms. The molecule has 1 aromatic rings. The first-order valence-electron chi connectivity index (χ1n) is 9.92. The number of rotatable bonds is 9. The molecule has 5 atom stereocenters. The summed E-state index contributed by atoms with van der Waals surface area (Å²) < 4.78 is 27.2. The monoisotopic (exact) mass is 501 g/mol. The average Bonchev–Trinajstić information content (AvgIpc) is 2.72. The van der Waals surface area contributed by atoms with Crippen molar-refractivity contribution in [1.82, 2.24) is 0 Å². The van der Waals surface area contributed by atoms with E-state index in [0.717, 1.165) is 11.8 Å². The second-order valence-electron chi connectivity index (χ2n) is 6.83. The van der Waals surface area contributed by atoms with E-state index in [9.17, 15) is 14.4 Å². The van der Waals surface area contributed by atoms with Crippen molar-refractivity contribution in [2.45, 2.75) is 62.4 Å². The van der Waals surface area contributed by atoms with Gasteiger partial charge in [-0.2, -0.15) is 0 Å². The zero-order valence-electron chi connectivity index (χ0n) is 18.4. The van der Waals surface area contributed by atoms with Crippen LogP contribution in [0.3, 0.4) is 0 Å². The number of carbonyl (C=O) groups excluding carboxylic acids is 3. The molecule has 1 fully saturated rings. The maximum atomic E-state index is 11.8. The first kappa shape index (κ1) is 26.6. The molecule has 0 unspecified atom stereocenters. The Morgan fingerprint density at radius 3 is 2.36 bits per heavy atom. The van der Waals surface area contributed by atoms with Gasteiger partial charge in [0.05, 0.1) is 11.6 Å². The van der Waals surface area contributed by atoms with E-state index in [1.54, 1.807) is 18.2 Å². The van der Waals surface area contributed by atoms with Gasteiger partial charge in [-0.25, -0.2) is 0 Å². The summed E-state index contributed by atoms with van der Waals surface area (Å²) in [7, 11) is 0. The van der Waals surface area contributed by atoms with E-state index in [-0.39, 0.29) is 6.61 Å². The lowest BCUT2D eigenvalue weighted by atomic mass is 9.97. The number of hydrogen-bond acceptors (Lipinski definition) is 10. The summed E-state index contributed by atoms with van der Waals surface area (Å²) in [6.45, 7) is 5.56. The molecule has 0 spiro atoms. The molecule has 1 saturated heterocycles. The van der Waals surface area contributed by atoms with Crippen molar-refractivity contribution in [3.63, 3.8) is 0 Å². The average molecular weight is 502 g/mol. The highest BCUT2D eigenvalue weighted by atomic mass is 35.5. The topological polar surface area (TPSA) is 146 Å². The molecule has 180 valence electrons. The number of carbonyl (C=O) groups is 3. The van der Waals surface area contributed by atoms with Gasteiger partial charge in [-0.15, -0.1) is 0 Å². The fourth-order valence-corrected chi connectivity index (χ4v) is 4.58. The van der Waals surface area contributed by atoms with Crippen molar-refractivity contribution in [3.05, 3.63) is 33.7 Å². The molecule has 0 N–H and O–H groups in total. The SMILES string of the molecule is CCOc1ccc(S[C@H]2O[C@H](COC(C)=O)[C@H](OC(C)=O)[C@H](N=[N+]=[N-])[C@H]2OC(C)=O)cc1Cl. The van der Waals surface area contributed by atoms with Crippen LogP contribution in [0.1, 0.15) is 27.7 Å². The highest BCUT2D eigenvalue weighted by Crippen LogP contribution is 2.39. The van der Waals surface area contributed by atoms with E-state index in [2.05, 4.69) is 10.0 Å². The van der Waals surface area contributed by atoms with Crippen LogP contribution < -0.4 is 4.74 Å². The first-order valence-corrected chi connectivity index (χ1v) is 11.2. The Bertz CT molecular complexity index is 927. The van der Waals surface area contributed by atoms with Gasteiger partial charge < -0.3 is 23.7 Å². The molecular formula is C20H24ClN3O8S. The van der Waals surface area contributed by atoms with Gasteiger partial charge in [0.15, 0.2) is 0 Å². The lowest BCUT2D eigenvalue weighted by Gasteiger charge is -2.43. The minimum atomic E-state index is -1.16. The van der Waals surface area contributed by atoms with Crippen molar-refractivity contribution in [2.75, 3.05) is 13.2 Å². The molecule has 0 radical (unpaired) electrons. The Morgan fingerprint density at radius 2 is 1.82 bits per heavy atom.